The molecule has 1 saturated heterocycles. The normalized spacial score (nSPS) is 14.6. The van der Waals surface area contributed by atoms with Gasteiger partial charge in [-0.15, -0.1) is 0 Å². The van der Waals surface area contributed by atoms with Crippen molar-refractivity contribution in [2.45, 2.75) is 19.3 Å². The molecule has 0 aliphatic carbocycles. The lowest BCUT2D eigenvalue weighted by molar-refractivity contribution is 0.0723. The van der Waals surface area contributed by atoms with E-state index in [9.17, 15) is 4.79 Å². The molecule has 0 unspecified atom stereocenters. The summed E-state index contributed by atoms with van der Waals surface area (Å²) in [6.07, 6.45) is 3.31. The smallest absolute Gasteiger partial charge is 0.254 e. The molecule has 1 aliphatic heterocycles. The fourth-order valence-corrected chi connectivity index (χ4v) is 2.76. The van der Waals surface area contributed by atoms with E-state index in [4.69, 9.17) is 14.2 Å². The Hall–Kier alpha value is -1.95. The third-order valence-electron chi connectivity index (χ3n) is 4.14. The Kier molecular flexibility index (Phi) is 6.73. The summed E-state index contributed by atoms with van der Waals surface area (Å²) in [5, 5.41) is 0. The van der Waals surface area contributed by atoms with E-state index in [2.05, 4.69) is 0 Å². The third kappa shape index (κ3) is 4.54. The third-order valence-corrected chi connectivity index (χ3v) is 4.14. The molecule has 1 heterocycles. The molecule has 0 atom stereocenters. The maximum Gasteiger partial charge on any atom is 0.254 e. The lowest BCUT2D eigenvalue weighted by Gasteiger charge is -2.27. The van der Waals surface area contributed by atoms with Gasteiger partial charge < -0.3 is 24.0 Å². The summed E-state index contributed by atoms with van der Waals surface area (Å²) >= 11 is 0. The minimum atomic E-state index is 0.0196. The largest absolute Gasteiger partial charge is 0.493 e. The van der Waals surface area contributed by atoms with Crippen molar-refractivity contribution in [1.82, 2.24) is 9.80 Å². The summed E-state index contributed by atoms with van der Waals surface area (Å²) in [5.41, 5.74) is 0.575. The summed E-state index contributed by atoms with van der Waals surface area (Å²) in [4.78, 5) is 16.6. The Morgan fingerprint density at radius 1 is 1.08 bits per heavy atom. The van der Waals surface area contributed by atoms with Crippen molar-refractivity contribution in [2.24, 2.45) is 0 Å². The quantitative estimate of drug-likeness (QED) is 0.764. The first-order chi connectivity index (χ1) is 11.6. The highest BCUT2D eigenvalue weighted by Gasteiger charge is 2.22. The molecule has 1 amide bonds. The number of nitrogens with zero attached hydrogens (tertiary/aromatic N) is 2. The number of rotatable bonds is 7. The van der Waals surface area contributed by atoms with E-state index in [1.807, 2.05) is 23.9 Å². The van der Waals surface area contributed by atoms with E-state index in [-0.39, 0.29) is 5.91 Å². The maximum absolute atomic E-state index is 12.7. The highest BCUT2D eigenvalue weighted by Crippen LogP contribution is 2.39. The van der Waals surface area contributed by atoms with Crippen LogP contribution in [-0.4, -0.2) is 70.3 Å². The van der Waals surface area contributed by atoms with Gasteiger partial charge in [0.2, 0.25) is 5.75 Å². The molecule has 0 bridgehead atoms. The Bertz CT molecular complexity index is 529. The predicted octanol–water partition coefficient (Wildman–Crippen LogP) is 2.27. The lowest BCUT2D eigenvalue weighted by Crippen LogP contribution is -2.35. The molecule has 6 heteroatoms. The van der Waals surface area contributed by atoms with Gasteiger partial charge in [0.1, 0.15) is 6.61 Å². The molecule has 24 heavy (non-hydrogen) atoms. The highest BCUT2D eigenvalue weighted by atomic mass is 16.5. The molecule has 2 rings (SSSR count). The van der Waals surface area contributed by atoms with Crippen molar-refractivity contribution in [3.8, 4) is 17.2 Å². The lowest BCUT2D eigenvalue weighted by atomic mass is 10.1. The van der Waals surface area contributed by atoms with Gasteiger partial charge in [-0.05, 0) is 45.5 Å². The Balaban J connectivity index is 2.22. The zero-order valence-corrected chi connectivity index (χ0v) is 15.1. The number of carbonyl (C=O) groups excluding carboxylic acids is 1. The fraction of sp³-hybridized carbons (Fsp3) is 0.611. The van der Waals surface area contributed by atoms with Crippen molar-refractivity contribution in [3.63, 3.8) is 0 Å². The van der Waals surface area contributed by atoms with E-state index >= 15 is 0 Å². The molecule has 1 aromatic rings. The molecule has 1 aromatic carbocycles. The summed E-state index contributed by atoms with van der Waals surface area (Å²) in [5.74, 6) is 1.60. The predicted molar refractivity (Wildman–Crippen MR) is 93.3 cm³/mol. The van der Waals surface area contributed by atoms with Gasteiger partial charge in [0.25, 0.3) is 5.91 Å². The second-order valence-corrected chi connectivity index (χ2v) is 6.21. The summed E-state index contributed by atoms with van der Waals surface area (Å²) in [6, 6.07) is 3.48. The number of hydrogen-bond acceptors (Lipinski definition) is 5. The Morgan fingerprint density at radius 3 is 2.17 bits per heavy atom. The van der Waals surface area contributed by atoms with Gasteiger partial charge in [-0.2, -0.15) is 0 Å². The maximum atomic E-state index is 12.7. The molecule has 0 saturated carbocycles. The summed E-state index contributed by atoms with van der Waals surface area (Å²) in [6.45, 7) is 2.91. The number of carbonyl (C=O) groups is 1. The monoisotopic (exact) mass is 336 g/mol. The average Bonchev–Trinajstić information content (AvgIpc) is 2.61. The Morgan fingerprint density at radius 2 is 1.67 bits per heavy atom. The zero-order valence-electron chi connectivity index (χ0n) is 15.1. The molecule has 0 radical (unpaired) electrons. The molecule has 1 aliphatic rings. The molecule has 6 nitrogen and oxygen atoms in total. The van der Waals surface area contributed by atoms with E-state index in [0.717, 1.165) is 32.5 Å². The molecule has 1 fully saturated rings. The number of benzene rings is 1. The number of amides is 1. The van der Waals surface area contributed by atoms with Crippen LogP contribution in [0.25, 0.3) is 0 Å². The van der Waals surface area contributed by atoms with Crippen LogP contribution in [0, 0.1) is 0 Å². The first-order valence-electron chi connectivity index (χ1n) is 8.39. The molecule has 0 N–H and O–H groups in total. The zero-order chi connectivity index (χ0) is 17.5. The fourth-order valence-electron chi connectivity index (χ4n) is 2.76. The van der Waals surface area contributed by atoms with Crippen LogP contribution in [0.1, 0.15) is 29.6 Å². The van der Waals surface area contributed by atoms with E-state index in [0.29, 0.717) is 29.4 Å². The van der Waals surface area contributed by atoms with Crippen molar-refractivity contribution in [2.75, 3.05) is 54.6 Å². The van der Waals surface area contributed by atoms with Gasteiger partial charge in [-0.1, -0.05) is 0 Å². The average molecular weight is 336 g/mol. The number of likely N-dealkylation sites (N-methyl/N-ethyl adjacent to an activating group) is 1. The molecular formula is C18H28N2O4. The van der Waals surface area contributed by atoms with Crippen LogP contribution in [0.5, 0.6) is 17.2 Å². The first kappa shape index (κ1) is 18.4. The van der Waals surface area contributed by atoms with Crippen LogP contribution in [0.3, 0.4) is 0 Å². The molecule has 0 spiro atoms. The van der Waals surface area contributed by atoms with Gasteiger partial charge in [0, 0.05) is 25.2 Å². The number of methoxy groups -OCH3 is 2. The van der Waals surface area contributed by atoms with Crippen LogP contribution in [-0.2, 0) is 0 Å². The first-order valence-corrected chi connectivity index (χ1v) is 8.39. The molecule has 0 aromatic heterocycles. The minimum Gasteiger partial charge on any atom is -0.493 e. The van der Waals surface area contributed by atoms with E-state index in [1.54, 1.807) is 26.4 Å². The van der Waals surface area contributed by atoms with Crippen molar-refractivity contribution in [3.05, 3.63) is 17.7 Å². The molecule has 134 valence electrons. The molecular weight excluding hydrogens is 308 g/mol. The summed E-state index contributed by atoms with van der Waals surface area (Å²) < 4.78 is 16.7. The van der Waals surface area contributed by atoms with E-state index < -0.39 is 0 Å². The van der Waals surface area contributed by atoms with Gasteiger partial charge in [-0.3, -0.25) is 4.79 Å². The minimum absolute atomic E-state index is 0.0196. The summed E-state index contributed by atoms with van der Waals surface area (Å²) in [7, 11) is 7.11. The second kappa shape index (κ2) is 8.78. The van der Waals surface area contributed by atoms with Crippen LogP contribution in [0.15, 0.2) is 12.1 Å². The number of hydrogen-bond donors (Lipinski definition) is 0. The standard InChI is InChI=1S/C18H28N2O4/c1-19(2)10-11-24-17-15(22-3)12-14(13-16(17)23-4)18(21)20-8-6-5-7-9-20/h12-13H,5-11H2,1-4H3. The van der Waals surface area contributed by atoms with Crippen molar-refractivity contribution in [1.29, 1.82) is 0 Å². The van der Waals surface area contributed by atoms with Crippen LogP contribution >= 0.6 is 0 Å². The second-order valence-electron chi connectivity index (χ2n) is 6.21. The van der Waals surface area contributed by atoms with Crippen LogP contribution < -0.4 is 14.2 Å². The van der Waals surface area contributed by atoms with Crippen LogP contribution in [0.2, 0.25) is 0 Å². The Labute approximate surface area is 144 Å². The number of ether oxygens (including phenoxy) is 3. The van der Waals surface area contributed by atoms with Crippen molar-refractivity contribution >= 4 is 5.91 Å². The SMILES string of the molecule is COc1cc(C(=O)N2CCCCC2)cc(OC)c1OCCN(C)C. The van der Waals surface area contributed by atoms with E-state index in [1.165, 1.54) is 6.42 Å². The van der Waals surface area contributed by atoms with Crippen LogP contribution in [0.4, 0.5) is 0 Å². The number of piperidine rings is 1. The van der Waals surface area contributed by atoms with Crippen molar-refractivity contribution < 1.29 is 19.0 Å². The highest BCUT2D eigenvalue weighted by molar-refractivity contribution is 5.95. The van der Waals surface area contributed by atoms with Gasteiger partial charge in [0.05, 0.1) is 14.2 Å². The number of likely N-dealkylation sites (tertiary alicyclic amines) is 1. The van der Waals surface area contributed by atoms with Gasteiger partial charge >= 0.3 is 0 Å². The van der Waals surface area contributed by atoms with Gasteiger partial charge in [-0.25, -0.2) is 0 Å². The topological polar surface area (TPSA) is 51.2 Å². The van der Waals surface area contributed by atoms with Gasteiger partial charge in [0.15, 0.2) is 11.5 Å².